The molecule has 0 bridgehead atoms. The van der Waals surface area contributed by atoms with Crippen LogP contribution in [-0.4, -0.2) is 6.21 Å². The summed E-state index contributed by atoms with van der Waals surface area (Å²) < 4.78 is 0. The molecule has 0 heterocycles. The molecule has 2 nitrogen and oxygen atoms in total. The van der Waals surface area contributed by atoms with Gasteiger partial charge in [0.25, 0.3) is 0 Å². The molecule has 0 saturated carbocycles. The Morgan fingerprint density at radius 1 is 1.20 bits per heavy atom. The van der Waals surface area contributed by atoms with Gasteiger partial charge in [0.2, 0.25) is 0 Å². The summed E-state index contributed by atoms with van der Waals surface area (Å²) in [7, 11) is 0. The van der Waals surface area contributed by atoms with Crippen molar-refractivity contribution < 1.29 is 0 Å². The van der Waals surface area contributed by atoms with E-state index in [-0.39, 0.29) is 0 Å². The van der Waals surface area contributed by atoms with Crippen LogP contribution >= 0.6 is 0 Å². The van der Waals surface area contributed by atoms with Gasteiger partial charge in [-0.15, -0.1) is 0 Å². The molecular formula is C18H20N2. The second-order valence-corrected chi connectivity index (χ2v) is 4.83. The van der Waals surface area contributed by atoms with Gasteiger partial charge in [-0.2, -0.15) is 0 Å². The molecule has 0 amide bonds. The lowest BCUT2D eigenvalue weighted by Crippen LogP contribution is -1.94. The summed E-state index contributed by atoms with van der Waals surface area (Å²) >= 11 is 0. The highest BCUT2D eigenvalue weighted by molar-refractivity contribution is 5.89. The highest BCUT2D eigenvalue weighted by atomic mass is 14.6. The smallest absolute Gasteiger partial charge is 0.0403 e. The number of rotatable bonds is 4. The van der Waals surface area contributed by atoms with E-state index >= 15 is 0 Å². The lowest BCUT2D eigenvalue weighted by molar-refractivity contribution is 1.23. The van der Waals surface area contributed by atoms with Crippen molar-refractivity contribution in [3.63, 3.8) is 0 Å². The molecule has 0 fully saturated rings. The molecule has 0 saturated heterocycles. The van der Waals surface area contributed by atoms with E-state index in [1.165, 1.54) is 22.9 Å². The van der Waals surface area contributed by atoms with Crippen LogP contribution in [0.4, 0.5) is 5.69 Å². The molecule has 0 aliphatic heterocycles. The van der Waals surface area contributed by atoms with E-state index in [1.54, 1.807) is 0 Å². The van der Waals surface area contributed by atoms with Gasteiger partial charge in [0.1, 0.15) is 0 Å². The Balaban J connectivity index is 2.60. The van der Waals surface area contributed by atoms with Gasteiger partial charge in [0, 0.05) is 17.5 Å². The van der Waals surface area contributed by atoms with E-state index in [4.69, 9.17) is 11.1 Å². The standard InChI is InChI=1S/C18H20N2/c1-3-4-7-16-13(2)6-5-8-17(16)14-9-10-18(20)15(11-14)12-19/h4-12,19H,3,20H2,1-2H3/b7-4-,19-12?. The molecular weight excluding hydrogens is 244 g/mol. The Morgan fingerprint density at radius 2 is 2.00 bits per heavy atom. The van der Waals surface area contributed by atoms with Crippen molar-refractivity contribution in [1.29, 1.82) is 5.41 Å². The van der Waals surface area contributed by atoms with Gasteiger partial charge < -0.3 is 11.1 Å². The quantitative estimate of drug-likeness (QED) is 0.612. The first-order chi connectivity index (χ1) is 9.67. The van der Waals surface area contributed by atoms with Crippen LogP contribution in [0, 0.1) is 12.3 Å². The Kier molecular flexibility index (Phi) is 4.36. The fourth-order valence-electron chi connectivity index (χ4n) is 2.26. The van der Waals surface area contributed by atoms with E-state index < -0.39 is 0 Å². The van der Waals surface area contributed by atoms with Crippen molar-refractivity contribution >= 4 is 18.0 Å². The third-order valence-corrected chi connectivity index (χ3v) is 3.40. The minimum atomic E-state index is 0.641. The van der Waals surface area contributed by atoms with Crippen LogP contribution in [0.25, 0.3) is 17.2 Å². The number of nitrogens with one attached hydrogen (secondary N) is 1. The van der Waals surface area contributed by atoms with Crippen molar-refractivity contribution in [3.05, 3.63) is 59.2 Å². The maximum absolute atomic E-state index is 7.43. The second kappa shape index (κ2) is 6.20. The minimum Gasteiger partial charge on any atom is -0.398 e. The largest absolute Gasteiger partial charge is 0.398 e. The number of nitrogens with two attached hydrogens (primary N) is 1. The molecule has 0 atom stereocenters. The number of hydrogen-bond donors (Lipinski definition) is 2. The topological polar surface area (TPSA) is 49.9 Å². The molecule has 0 aliphatic rings. The summed E-state index contributed by atoms with van der Waals surface area (Å²) in [4.78, 5) is 0. The van der Waals surface area contributed by atoms with Gasteiger partial charge in [-0.1, -0.05) is 43.3 Å². The van der Waals surface area contributed by atoms with Crippen LogP contribution in [0.2, 0.25) is 0 Å². The first-order valence-corrected chi connectivity index (χ1v) is 6.84. The Morgan fingerprint density at radius 3 is 2.70 bits per heavy atom. The summed E-state index contributed by atoms with van der Waals surface area (Å²) in [5.41, 5.74) is 12.0. The Labute approximate surface area is 120 Å². The van der Waals surface area contributed by atoms with Gasteiger partial charge in [-0.3, -0.25) is 0 Å². The fraction of sp³-hybridized carbons (Fsp3) is 0.167. The van der Waals surface area contributed by atoms with Crippen LogP contribution in [0.5, 0.6) is 0 Å². The SMILES string of the molecule is CC/C=C\c1c(C)cccc1-c1ccc(N)c(C=N)c1. The van der Waals surface area contributed by atoms with Crippen LogP contribution in [0.3, 0.4) is 0 Å². The summed E-state index contributed by atoms with van der Waals surface area (Å²) in [5, 5.41) is 7.43. The molecule has 2 heteroatoms. The first-order valence-electron chi connectivity index (χ1n) is 6.84. The average molecular weight is 264 g/mol. The van der Waals surface area contributed by atoms with Crippen molar-refractivity contribution in [1.82, 2.24) is 0 Å². The van der Waals surface area contributed by atoms with E-state index in [0.717, 1.165) is 17.5 Å². The molecule has 0 spiro atoms. The molecule has 0 radical (unpaired) electrons. The summed E-state index contributed by atoms with van der Waals surface area (Å²) in [5.74, 6) is 0. The molecule has 2 aromatic rings. The number of benzene rings is 2. The Bertz CT molecular complexity index is 654. The second-order valence-electron chi connectivity index (χ2n) is 4.83. The highest BCUT2D eigenvalue weighted by Crippen LogP contribution is 2.29. The van der Waals surface area contributed by atoms with Gasteiger partial charge in [0.05, 0.1) is 0 Å². The number of allylic oxidation sites excluding steroid dienone is 1. The average Bonchev–Trinajstić information content (AvgIpc) is 2.46. The third kappa shape index (κ3) is 2.80. The minimum absolute atomic E-state index is 0.641. The summed E-state index contributed by atoms with van der Waals surface area (Å²) in [6.45, 7) is 4.25. The number of aryl methyl sites for hydroxylation is 1. The highest BCUT2D eigenvalue weighted by Gasteiger charge is 2.07. The Hall–Kier alpha value is -2.35. The zero-order valence-electron chi connectivity index (χ0n) is 12.0. The van der Waals surface area contributed by atoms with E-state index in [0.29, 0.717) is 5.69 Å². The lowest BCUT2D eigenvalue weighted by Gasteiger charge is -2.11. The monoisotopic (exact) mass is 264 g/mol. The van der Waals surface area contributed by atoms with E-state index in [9.17, 15) is 0 Å². The van der Waals surface area contributed by atoms with E-state index in [1.807, 2.05) is 18.2 Å². The van der Waals surface area contributed by atoms with Crippen molar-refractivity contribution in [2.75, 3.05) is 5.73 Å². The van der Waals surface area contributed by atoms with Gasteiger partial charge >= 0.3 is 0 Å². The predicted octanol–water partition coefficient (Wildman–Crippen LogP) is 4.67. The number of nitrogen functional groups attached to an aromatic ring is 1. The van der Waals surface area contributed by atoms with Gasteiger partial charge in [0.15, 0.2) is 0 Å². The normalized spacial score (nSPS) is 10.9. The van der Waals surface area contributed by atoms with E-state index in [2.05, 4.69) is 44.2 Å². The van der Waals surface area contributed by atoms with Crippen LogP contribution < -0.4 is 5.73 Å². The third-order valence-electron chi connectivity index (χ3n) is 3.40. The number of anilines is 1. The molecule has 2 aromatic carbocycles. The lowest BCUT2D eigenvalue weighted by atomic mass is 9.94. The molecule has 102 valence electrons. The van der Waals surface area contributed by atoms with Crippen molar-refractivity contribution in [2.24, 2.45) is 0 Å². The van der Waals surface area contributed by atoms with Crippen LogP contribution in [0.15, 0.2) is 42.5 Å². The molecule has 2 rings (SSSR count). The summed E-state index contributed by atoms with van der Waals surface area (Å²) in [6, 6.07) is 12.1. The van der Waals surface area contributed by atoms with Crippen molar-refractivity contribution in [2.45, 2.75) is 20.3 Å². The van der Waals surface area contributed by atoms with Crippen LogP contribution in [-0.2, 0) is 0 Å². The molecule has 3 N–H and O–H groups in total. The first kappa shape index (κ1) is 14.1. The molecule has 20 heavy (non-hydrogen) atoms. The maximum Gasteiger partial charge on any atom is 0.0403 e. The molecule has 0 aliphatic carbocycles. The van der Waals surface area contributed by atoms with Gasteiger partial charge in [-0.05, 0) is 47.7 Å². The predicted molar refractivity (Wildman–Crippen MR) is 88.2 cm³/mol. The molecule has 0 unspecified atom stereocenters. The molecule has 0 aromatic heterocycles. The summed E-state index contributed by atoms with van der Waals surface area (Å²) in [6.07, 6.45) is 6.66. The van der Waals surface area contributed by atoms with Crippen LogP contribution in [0.1, 0.15) is 30.0 Å². The zero-order chi connectivity index (χ0) is 14.5. The zero-order valence-corrected chi connectivity index (χ0v) is 12.0. The van der Waals surface area contributed by atoms with Crippen molar-refractivity contribution in [3.8, 4) is 11.1 Å². The van der Waals surface area contributed by atoms with Gasteiger partial charge in [-0.25, -0.2) is 0 Å². The maximum atomic E-state index is 7.43. The fourth-order valence-corrected chi connectivity index (χ4v) is 2.26. The number of hydrogen-bond acceptors (Lipinski definition) is 2.